The largest absolute Gasteiger partial charge is 0.304 e. The van der Waals surface area contributed by atoms with Crippen LogP contribution in [0, 0.1) is 6.92 Å². The zero-order valence-electron chi connectivity index (χ0n) is 13.8. The van der Waals surface area contributed by atoms with Crippen LogP contribution in [-0.2, 0) is 13.0 Å². The van der Waals surface area contributed by atoms with Crippen molar-refractivity contribution in [2.75, 3.05) is 0 Å². The van der Waals surface area contributed by atoms with Gasteiger partial charge in [-0.2, -0.15) is 0 Å². The van der Waals surface area contributed by atoms with E-state index in [4.69, 9.17) is 0 Å². The lowest BCUT2D eigenvalue weighted by Crippen LogP contribution is -2.26. The summed E-state index contributed by atoms with van der Waals surface area (Å²) >= 11 is 0. The minimum atomic E-state index is -0.0236. The van der Waals surface area contributed by atoms with E-state index in [1.54, 1.807) is 10.5 Å². The fourth-order valence-corrected chi connectivity index (χ4v) is 3.54. The van der Waals surface area contributed by atoms with E-state index in [2.05, 4.69) is 34.6 Å². The van der Waals surface area contributed by atoms with Crippen molar-refractivity contribution >= 4 is 5.65 Å². The van der Waals surface area contributed by atoms with Crippen molar-refractivity contribution in [2.24, 2.45) is 0 Å². The maximum absolute atomic E-state index is 12.3. The number of pyridine rings is 1. The summed E-state index contributed by atoms with van der Waals surface area (Å²) in [6.07, 6.45) is 5.31. The third kappa shape index (κ3) is 2.85. The van der Waals surface area contributed by atoms with Gasteiger partial charge in [0.15, 0.2) is 0 Å². The fraction of sp³-hybridized carbons (Fsp3) is 0.300. The molecule has 4 heteroatoms. The summed E-state index contributed by atoms with van der Waals surface area (Å²) in [6, 6.07) is 14.5. The molecule has 0 aliphatic heterocycles. The maximum atomic E-state index is 12.3. The van der Waals surface area contributed by atoms with Gasteiger partial charge in [0.2, 0.25) is 0 Å². The van der Waals surface area contributed by atoms with Crippen LogP contribution in [-0.4, -0.2) is 9.38 Å². The molecular weight excluding hydrogens is 298 g/mol. The number of nitrogens with one attached hydrogen (secondary N) is 1. The first-order valence-corrected chi connectivity index (χ1v) is 8.51. The lowest BCUT2D eigenvalue weighted by molar-refractivity contribution is 0.456. The van der Waals surface area contributed by atoms with Gasteiger partial charge >= 0.3 is 0 Å². The molecule has 4 rings (SSSR count). The number of hydrogen-bond donors (Lipinski definition) is 1. The Kier molecular flexibility index (Phi) is 3.90. The quantitative estimate of drug-likeness (QED) is 0.806. The normalized spacial score (nSPS) is 17.0. The van der Waals surface area contributed by atoms with Crippen LogP contribution in [0.3, 0.4) is 0 Å². The molecule has 24 heavy (non-hydrogen) atoms. The van der Waals surface area contributed by atoms with Gasteiger partial charge in [-0.05, 0) is 48.9 Å². The van der Waals surface area contributed by atoms with Crippen LogP contribution in [0.1, 0.15) is 41.3 Å². The smallest absolute Gasteiger partial charge is 0.258 e. The summed E-state index contributed by atoms with van der Waals surface area (Å²) in [4.78, 5) is 16.9. The van der Waals surface area contributed by atoms with Gasteiger partial charge in [-0.25, -0.2) is 4.98 Å². The third-order valence-corrected chi connectivity index (χ3v) is 4.76. The van der Waals surface area contributed by atoms with Crippen LogP contribution in [0.25, 0.3) is 5.65 Å². The lowest BCUT2D eigenvalue weighted by atomic mass is 9.88. The molecular formula is C20H21N3O. The van der Waals surface area contributed by atoms with Crippen LogP contribution >= 0.6 is 0 Å². The number of aryl methyl sites for hydroxylation is 2. The van der Waals surface area contributed by atoms with Crippen molar-refractivity contribution in [3.63, 3.8) is 0 Å². The summed E-state index contributed by atoms with van der Waals surface area (Å²) in [6.45, 7) is 2.58. The van der Waals surface area contributed by atoms with Crippen LogP contribution in [0.5, 0.6) is 0 Å². The maximum Gasteiger partial charge on any atom is 0.258 e. The molecule has 0 amide bonds. The van der Waals surface area contributed by atoms with E-state index in [0.29, 0.717) is 18.2 Å². The first-order chi connectivity index (χ1) is 11.7. The van der Waals surface area contributed by atoms with E-state index in [1.165, 1.54) is 17.5 Å². The van der Waals surface area contributed by atoms with Crippen molar-refractivity contribution in [1.29, 1.82) is 0 Å². The highest BCUT2D eigenvalue weighted by molar-refractivity contribution is 5.40. The van der Waals surface area contributed by atoms with Crippen LogP contribution in [0.15, 0.2) is 53.5 Å². The Morgan fingerprint density at radius 1 is 1.25 bits per heavy atom. The van der Waals surface area contributed by atoms with Crippen LogP contribution < -0.4 is 10.9 Å². The van der Waals surface area contributed by atoms with Gasteiger partial charge in [0.05, 0.1) is 5.69 Å². The summed E-state index contributed by atoms with van der Waals surface area (Å²) in [5.41, 5.74) is 5.35. The lowest BCUT2D eigenvalue weighted by Gasteiger charge is -2.26. The van der Waals surface area contributed by atoms with Crippen molar-refractivity contribution in [3.05, 3.63) is 81.4 Å². The molecule has 1 aliphatic carbocycles. The highest BCUT2D eigenvalue weighted by Crippen LogP contribution is 2.29. The van der Waals surface area contributed by atoms with E-state index in [1.807, 2.05) is 25.3 Å². The highest BCUT2D eigenvalue weighted by atomic mass is 16.1. The Morgan fingerprint density at radius 2 is 2.12 bits per heavy atom. The molecule has 0 spiro atoms. The zero-order chi connectivity index (χ0) is 16.5. The monoisotopic (exact) mass is 319 g/mol. The third-order valence-electron chi connectivity index (χ3n) is 4.76. The van der Waals surface area contributed by atoms with Crippen LogP contribution in [0.2, 0.25) is 0 Å². The van der Waals surface area contributed by atoms with Crippen molar-refractivity contribution in [2.45, 2.75) is 38.8 Å². The van der Waals surface area contributed by atoms with Gasteiger partial charge in [-0.15, -0.1) is 0 Å². The predicted octanol–water partition coefficient (Wildman–Crippen LogP) is 3.17. The number of hydrogen-bond acceptors (Lipinski definition) is 3. The summed E-state index contributed by atoms with van der Waals surface area (Å²) < 4.78 is 1.61. The van der Waals surface area contributed by atoms with E-state index in [9.17, 15) is 4.79 Å². The Labute approximate surface area is 141 Å². The molecule has 1 atom stereocenters. The molecule has 2 aromatic heterocycles. The molecule has 1 aliphatic rings. The fourth-order valence-electron chi connectivity index (χ4n) is 3.54. The second kappa shape index (κ2) is 6.21. The van der Waals surface area contributed by atoms with Gasteiger partial charge in [-0.1, -0.05) is 30.3 Å². The zero-order valence-corrected chi connectivity index (χ0v) is 13.8. The number of rotatable bonds is 3. The molecule has 1 N–H and O–H groups in total. The number of nitrogens with zero attached hydrogens (tertiary/aromatic N) is 2. The van der Waals surface area contributed by atoms with E-state index >= 15 is 0 Å². The standard InChI is InChI=1S/C20H21N3O/c1-14-9-10-19-22-16(11-20(24)23(19)13-14)12-21-18-8-4-6-15-5-2-3-7-17(15)18/h2-3,5,7,9-11,13,18,21H,4,6,8,12H2,1H3/t18-/m0/s1. The van der Waals surface area contributed by atoms with Crippen molar-refractivity contribution < 1.29 is 0 Å². The van der Waals surface area contributed by atoms with E-state index in [0.717, 1.165) is 24.1 Å². The van der Waals surface area contributed by atoms with Gasteiger partial charge in [-0.3, -0.25) is 9.20 Å². The average molecular weight is 319 g/mol. The molecule has 0 bridgehead atoms. The first-order valence-electron chi connectivity index (χ1n) is 8.51. The summed E-state index contributed by atoms with van der Waals surface area (Å²) in [5, 5.41) is 3.59. The number of fused-ring (bicyclic) bond motifs is 2. The predicted molar refractivity (Wildman–Crippen MR) is 95.2 cm³/mol. The van der Waals surface area contributed by atoms with Gasteiger partial charge in [0.25, 0.3) is 5.56 Å². The number of aromatic nitrogens is 2. The molecule has 1 aromatic carbocycles. The highest BCUT2D eigenvalue weighted by Gasteiger charge is 2.19. The molecule has 0 unspecified atom stereocenters. The minimum absolute atomic E-state index is 0.0236. The Morgan fingerprint density at radius 3 is 3.04 bits per heavy atom. The Balaban J connectivity index is 1.58. The molecule has 3 aromatic rings. The average Bonchev–Trinajstić information content (AvgIpc) is 2.60. The van der Waals surface area contributed by atoms with Crippen molar-refractivity contribution in [1.82, 2.24) is 14.7 Å². The molecule has 0 fully saturated rings. The second-order valence-corrected chi connectivity index (χ2v) is 6.54. The van der Waals surface area contributed by atoms with E-state index in [-0.39, 0.29) is 5.56 Å². The SMILES string of the molecule is Cc1ccc2nc(CN[C@H]3CCCc4ccccc43)cc(=O)n2c1. The summed E-state index contributed by atoms with van der Waals surface area (Å²) in [7, 11) is 0. The Bertz CT molecular complexity index is 945. The minimum Gasteiger partial charge on any atom is -0.304 e. The van der Waals surface area contributed by atoms with Gasteiger partial charge in [0, 0.05) is 24.8 Å². The molecule has 0 saturated heterocycles. The van der Waals surface area contributed by atoms with Gasteiger partial charge in [0.1, 0.15) is 5.65 Å². The number of benzene rings is 1. The first kappa shape index (κ1) is 15.1. The molecule has 0 radical (unpaired) electrons. The molecule has 0 saturated carbocycles. The van der Waals surface area contributed by atoms with Gasteiger partial charge < -0.3 is 5.32 Å². The molecule has 2 heterocycles. The van der Waals surface area contributed by atoms with Crippen molar-refractivity contribution in [3.8, 4) is 0 Å². The van der Waals surface area contributed by atoms with Crippen LogP contribution in [0.4, 0.5) is 0 Å². The second-order valence-electron chi connectivity index (χ2n) is 6.54. The Hall–Kier alpha value is -2.46. The van der Waals surface area contributed by atoms with E-state index < -0.39 is 0 Å². The topological polar surface area (TPSA) is 46.4 Å². The molecule has 4 nitrogen and oxygen atoms in total. The molecule has 122 valence electrons. The summed E-state index contributed by atoms with van der Waals surface area (Å²) in [5.74, 6) is 0.